The van der Waals surface area contributed by atoms with Crippen molar-refractivity contribution in [3.63, 3.8) is 0 Å². The molecule has 0 radical (unpaired) electrons. The van der Waals surface area contributed by atoms with E-state index >= 15 is 0 Å². The van der Waals surface area contributed by atoms with E-state index in [1.165, 1.54) is 11.3 Å². The summed E-state index contributed by atoms with van der Waals surface area (Å²) in [6.45, 7) is 0. The van der Waals surface area contributed by atoms with Crippen LogP contribution in [0.5, 0.6) is 0 Å². The molecule has 0 aliphatic heterocycles. The number of thiophene rings is 1. The molecular weight excluding hydrogens is 389 g/mol. The average molecular weight is 401 g/mol. The van der Waals surface area contributed by atoms with E-state index in [4.69, 9.17) is 0 Å². The van der Waals surface area contributed by atoms with Crippen molar-refractivity contribution in [1.82, 2.24) is 5.32 Å². The van der Waals surface area contributed by atoms with Crippen LogP contribution < -0.4 is 5.32 Å². The van der Waals surface area contributed by atoms with Crippen LogP contribution >= 0.6 is 33.9 Å². The quantitative estimate of drug-likeness (QED) is 0.758. The fourth-order valence-corrected chi connectivity index (χ4v) is 3.05. The van der Waals surface area contributed by atoms with Crippen LogP contribution in [0.25, 0.3) is 0 Å². The fourth-order valence-electron chi connectivity index (χ4n) is 1.72. The predicted octanol–water partition coefficient (Wildman–Crippen LogP) is 2.78. The third kappa shape index (κ3) is 4.04. The molecule has 2 aromatic rings. The fraction of sp³-hybridized carbons (Fsp3) is 0.143. The van der Waals surface area contributed by atoms with Gasteiger partial charge in [0.1, 0.15) is 6.04 Å². The number of aliphatic carboxylic acids is 1. The number of hydrogen-bond donors (Lipinski definition) is 2. The molecule has 1 aromatic heterocycles. The van der Waals surface area contributed by atoms with E-state index in [-0.39, 0.29) is 12.3 Å². The highest BCUT2D eigenvalue weighted by Crippen LogP contribution is 2.16. The van der Waals surface area contributed by atoms with Gasteiger partial charge in [-0.25, -0.2) is 4.79 Å². The van der Waals surface area contributed by atoms with Crippen LogP contribution in [0.4, 0.5) is 0 Å². The van der Waals surface area contributed by atoms with Crippen LogP contribution in [0.2, 0.25) is 0 Å². The maximum absolute atomic E-state index is 12.0. The van der Waals surface area contributed by atoms with Crippen LogP contribution in [-0.2, 0) is 11.2 Å². The first-order valence-corrected chi connectivity index (χ1v) is 7.83. The number of benzene rings is 1. The zero-order valence-electron chi connectivity index (χ0n) is 10.4. The van der Waals surface area contributed by atoms with Gasteiger partial charge in [0.25, 0.3) is 5.91 Å². The van der Waals surface area contributed by atoms with Crippen LogP contribution in [0.1, 0.15) is 15.9 Å². The van der Waals surface area contributed by atoms with E-state index in [0.717, 1.165) is 8.45 Å². The Kier molecular flexibility index (Phi) is 5.13. The topological polar surface area (TPSA) is 66.4 Å². The standard InChI is InChI=1S/C14H12INO3S/c15-12-7-10(8-20-12)13(17)16-11(14(18)19)6-9-4-2-1-3-5-9/h1-5,7-8,11H,6H2,(H,16,17)(H,18,19)/t11-/m1/s1. The second-order valence-electron chi connectivity index (χ2n) is 4.19. The van der Waals surface area contributed by atoms with E-state index in [9.17, 15) is 14.7 Å². The minimum Gasteiger partial charge on any atom is -0.480 e. The minimum atomic E-state index is -1.04. The summed E-state index contributed by atoms with van der Waals surface area (Å²) >= 11 is 3.57. The Morgan fingerprint density at radius 2 is 2.00 bits per heavy atom. The highest BCUT2D eigenvalue weighted by Gasteiger charge is 2.21. The molecule has 104 valence electrons. The Bertz CT molecular complexity index is 612. The lowest BCUT2D eigenvalue weighted by molar-refractivity contribution is -0.139. The van der Waals surface area contributed by atoms with Crippen LogP contribution in [-0.4, -0.2) is 23.0 Å². The third-order valence-electron chi connectivity index (χ3n) is 2.72. The van der Waals surface area contributed by atoms with Crippen molar-refractivity contribution in [3.05, 3.63) is 55.8 Å². The summed E-state index contributed by atoms with van der Waals surface area (Å²) in [4.78, 5) is 23.3. The van der Waals surface area contributed by atoms with Gasteiger partial charge in [0, 0.05) is 11.8 Å². The first-order chi connectivity index (χ1) is 9.56. The molecule has 6 heteroatoms. The van der Waals surface area contributed by atoms with Crippen LogP contribution in [0.3, 0.4) is 0 Å². The van der Waals surface area contributed by atoms with Crippen molar-refractivity contribution in [3.8, 4) is 0 Å². The van der Waals surface area contributed by atoms with Gasteiger partial charge in [0.2, 0.25) is 0 Å². The van der Waals surface area contributed by atoms with E-state index in [2.05, 4.69) is 27.9 Å². The summed E-state index contributed by atoms with van der Waals surface area (Å²) in [7, 11) is 0. The lowest BCUT2D eigenvalue weighted by Gasteiger charge is -2.14. The lowest BCUT2D eigenvalue weighted by atomic mass is 10.1. The number of carbonyl (C=O) groups excluding carboxylic acids is 1. The number of halogens is 1. The number of carboxylic acids is 1. The molecule has 0 aliphatic carbocycles. The van der Waals surface area contributed by atoms with E-state index in [1.54, 1.807) is 11.4 Å². The van der Waals surface area contributed by atoms with Gasteiger partial charge in [-0.3, -0.25) is 4.79 Å². The number of hydrogen-bond acceptors (Lipinski definition) is 3. The van der Waals surface area contributed by atoms with Gasteiger partial charge in [-0.15, -0.1) is 11.3 Å². The van der Waals surface area contributed by atoms with Gasteiger partial charge in [-0.1, -0.05) is 30.3 Å². The summed E-state index contributed by atoms with van der Waals surface area (Å²) < 4.78 is 0.989. The van der Waals surface area contributed by atoms with Gasteiger partial charge < -0.3 is 10.4 Å². The molecule has 0 saturated heterocycles. The maximum Gasteiger partial charge on any atom is 0.326 e. The van der Waals surface area contributed by atoms with Gasteiger partial charge in [0.15, 0.2) is 0 Å². The zero-order chi connectivity index (χ0) is 14.5. The zero-order valence-corrected chi connectivity index (χ0v) is 13.3. The molecule has 4 nitrogen and oxygen atoms in total. The molecule has 0 fully saturated rings. The number of rotatable bonds is 5. The Hall–Kier alpha value is -1.41. The molecule has 0 aliphatic rings. The number of nitrogens with one attached hydrogen (secondary N) is 1. The Morgan fingerprint density at radius 1 is 1.30 bits per heavy atom. The Labute approximate surface area is 134 Å². The monoisotopic (exact) mass is 401 g/mol. The number of carbonyl (C=O) groups is 2. The molecule has 2 rings (SSSR count). The van der Waals surface area contributed by atoms with Crippen LogP contribution in [0, 0.1) is 2.88 Å². The molecule has 0 saturated carbocycles. The highest BCUT2D eigenvalue weighted by atomic mass is 127. The van der Waals surface area contributed by atoms with Crippen LogP contribution in [0.15, 0.2) is 41.8 Å². The van der Waals surface area contributed by atoms with E-state index < -0.39 is 12.0 Å². The summed E-state index contributed by atoms with van der Waals surface area (Å²) in [5, 5.41) is 13.5. The molecule has 20 heavy (non-hydrogen) atoms. The van der Waals surface area contributed by atoms with Crippen molar-refractivity contribution in [2.75, 3.05) is 0 Å². The summed E-state index contributed by atoms with van der Waals surface area (Å²) in [5.74, 6) is -1.39. The van der Waals surface area contributed by atoms with Gasteiger partial charge in [-0.05, 0) is 34.2 Å². The first kappa shape index (κ1) is 15.0. The highest BCUT2D eigenvalue weighted by molar-refractivity contribution is 14.1. The molecule has 0 bridgehead atoms. The number of amides is 1. The van der Waals surface area contributed by atoms with E-state index in [0.29, 0.717) is 5.56 Å². The number of carboxylic acid groups (broad SMARTS) is 1. The third-order valence-corrected chi connectivity index (χ3v) is 4.50. The molecule has 1 heterocycles. The van der Waals surface area contributed by atoms with Gasteiger partial charge in [-0.2, -0.15) is 0 Å². The van der Waals surface area contributed by atoms with Crippen molar-refractivity contribution < 1.29 is 14.7 Å². The van der Waals surface area contributed by atoms with Crippen molar-refractivity contribution in [1.29, 1.82) is 0 Å². The molecule has 0 spiro atoms. The van der Waals surface area contributed by atoms with Gasteiger partial charge in [0.05, 0.1) is 8.45 Å². The second kappa shape index (κ2) is 6.85. The molecule has 1 atom stereocenters. The Morgan fingerprint density at radius 3 is 2.55 bits per heavy atom. The minimum absolute atomic E-state index is 0.267. The normalized spacial score (nSPS) is 11.8. The van der Waals surface area contributed by atoms with Gasteiger partial charge >= 0.3 is 5.97 Å². The molecular formula is C14H12INO3S. The maximum atomic E-state index is 12.0. The molecule has 0 unspecified atom stereocenters. The second-order valence-corrected chi connectivity index (χ2v) is 7.00. The average Bonchev–Trinajstić information content (AvgIpc) is 2.86. The van der Waals surface area contributed by atoms with Crippen molar-refractivity contribution in [2.45, 2.75) is 12.5 Å². The first-order valence-electron chi connectivity index (χ1n) is 5.88. The molecule has 1 aromatic carbocycles. The molecule has 2 N–H and O–H groups in total. The van der Waals surface area contributed by atoms with Crippen molar-refractivity contribution >= 4 is 45.8 Å². The summed E-state index contributed by atoms with van der Waals surface area (Å²) in [6, 6.07) is 10.1. The predicted molar refractivity (Wildman–Crippen MR) is 86.1 cm³/mol. The SMILES string of the molecule is O=C(N[C@H](Cc1ccccc1)C(=O)O)c1csc(I)c1. The smallest absolute Gasteiger partial charge is 0.326 e. The van der Waals surface area contributed by atoms with Crippen molar-refractivity contribution in [2.24, 2.45) is 0 Å². The Balaban J connectivity index is 2.06. The largest absolute Gasteiger partial charge is 0.480 e. The summed E-state index contributed by atoms with van der Waals surface area (Å²) in [5.41, 5.74) is 1.37. The lowest BCUT2D eigenvalue weighted by Crippen LogP contribution is -2.42. The van der Waals surface area contributed by atoms with E-state index in [1.807, 2.05) is 30.3 Å². The summed E-state index contributed by atoms with van der Waals surface area (Å²) in [6.07, 6.45) is 0.267. The molecule has 1 amide bonds.